The monoisotopic (exact) mass is 402 g/mol. The van der Waals surface area contributed by atoms with Gasteiger partial charge in [0, 0.05) is 11.3 Å². The Balaban J connectivity index is 1.86. The van der Waals surface area contributed by atoms with Crippen molar-refractivity contribution in [3.63, 3.8) is 0 Å². The van der Waals surface area contributed by atoms with Crippen LogP contribution in [-0.4, -0.2) is 41.3 Å². The maximum atomic E-state index is 10.5. The maximum Gasteiger partial charge on any atom is 0.303 e. The summed E-state index contributed by atoms with van der Waals surface area (Å²) < 4.78 is 0. The summed E-state index contributed by atoms with van der Waals surface area (Å²) >= 11 is 1.70. The topological polar surface area (TPSA) is 77.8 Å². The van der Waals surface area contributed by atoms with Gasteiger partial charge in [0.05, 0.1) is 20.1 Å². The molecule has 0 aromatic carbocycles. The van der Waals surface area contributed by atoms with E-state index in [4.69, 9.17) is 13.0 Å². The van der Waals surface area contributed by atoms with E-state index >= 15 is 0 Å². The van der Waals surface area contributed by atoms with Gasteiger partial charge in [-0.05, 0) is 67.7 Å². The SMILES string of the molecule is [B]C[C@@H]1CC(O)[C@H](C/C=C\CCCC(=O)O)[C@H]1/C=C/[C@@H](O)CCc1cccs1. The molecule has 5 atom stereocenters. The van der Waals surface area contributed by atoms with Gasteiger partial charge in [-0.3, -0.25) is 4.79 Å². The largest absolute Gasteiger partial charge is 0.481 e. The average Bonchev–Trinajstić information content (AvgIpc) is 3.28. The highest BCUT2D eigenvalue weighted by Crippen LogP contribution is 2.42. The molecule has 2 radical (unpaired) electrons. The molecule has 0 aliphatic heterocycles. The first kappa shape index (κ1) is 22.9. The fourth-order valence-electron chi connectivity index (χ4n) is 3.96. The number of aliphatic hydroxyl groups excluding tert-OH is 2. The third-order valence-corrected chi connectivity index (χ3v) is 6.47. The van der Waals surface area contributed by atoms with Crippen LogP contribution < -0.4 is 0 Å². The molecule has 0 spiro atoms. The number of rotatable bonds is 12. The predicted octanol–water partition coefficient (Wildman–Crippen LogP) is 4.00. The zero-order valence-electron chi connectivity index (χ0n) is 16.3. The highest BCUT2D eigenvalue weighted by Gasteiger charge is 2.39. The van der Waals surface area contributed by atoms with E-state index in [0.29, 0.717) is 25.6 Å². The van der Waals surface area contributed by atoms with Crippen LogP contribution in [0, 0.1) is 17.8 Å². The van der Waals surface area contributed by atoms with Gasteiger partial charge in [-0.15, -0.1) is 11.3 Å². The van der Waals surface area contributed by atoms with Crippen molar-refractivity contribution >= 4 is 25.2 Å². The number of carbonyl (C=O) groups is 1. The van der Waals surface area contributed by atoms with Gasteiger partial charge in [0.1, 0.15) is 0 Å². The lowest BCUT2D eigenvalue weighted by Crippen LogP contribution is -2.19. The normalized spacial score (nSPS) is 26.4. The molecule has 4 nitrogen and oxygen atoms in total. The van der Waals surface area contributed by atoms with Gasteiger partial charge in [-0.25, -0.2) is 0 Å². The molecule has 2 rings (SSSR count). The molecule has 1 aromatic heterocycles. The Kier molecular flexibility index (Phi) is 10.0. The van der Waals surface area contributed by atoms with E-state index in [2.05, 4.69) is 12.1 Å². The lowest BCUT2D eigenvalue weighted by Gasteiger charge is -2.21. The van der Waals surface area contributed by atoms with Crippen molar-refractivity contribution in [3.8, 4) is 0 Å². The number of hydrogen-bond donors (Lipinski definition) is 3. The van der Waals surface area contributed by atoms with Crippen LogP contribution >= 0.6 is 11.3 Å². The number of carboxylic acid groups (broad SMARTS) is 1. The van der Waals surface area contributed by atoms with Crippen LogP contribution in [-0.2, 0) is 11.2 Å². The summed E-state index contributed by atoms with van der Waals surface area (Å²) in [6.07, 6.45) is 12.1. The maximum absolute atomic E-state index is 10.5. The molecule has 1 saturated carbocycles. The summed E-state index contributed by atoms with van der Waals surface area (Å²) in [6, 6.07) is 4.10. The van der Waals surface area contributed by atoms with Crippen LogP contribution in [0.2, 0.25) is 6.32 Å². The van der Waals surface area contributed by atoms with E-state index in [-0.39, 0.29) is 24.2 Å². The Bertz CT molecular complexity index is 628. The molecule has 3 N–H and O–H groups in total. The molecule has 1 unspecified atom stereocenters. The van der Waals surface area contributed by atoms with Crippen molar-refractivity contribution in [2.45, 2.75) is 63.5 Å². The average molecular weight is 402 g/mol. The Morgan fingerprint density at radius 2 is 2.21 bits per heavy atom. The third-order valence-electron chi connectivity index (χ3n) is 5.54. The molecular formula is C22H31BO4S. The van der Waals surface area contributed by atoms with E-state index in [1.165, 1.54) is 4.88 Å². The molecule has 152 valence electrons. The number of allylic oxidation sites excluding steroid dienone is 3. The number of carboxylic acids is 1. The van der Waals surface area contributed by atoms with Crippen LogP contribution in [0.3, 0.4) is 0 Å². The highest BCUT2D eigenvalue weighted by atomic mass is 32.1. The van der Waals surface area contributed by atoms with Crippen LogP contribution in [0.1, 0.15) is 43.4 Å². The third kappa shape index (κ3) is 7.57. The fourth-order valence-corrected chi connectivity index (χ4v) is 4.68. The first-order valence-corrected chi connectivity index (χ1v) is 11.0. The van der Waals surface area contributed by atoms with Gasteiger partial charge in [-0.2, -0.15) is 0 Å². The lowest BCUT2D eigenvalue weighted by atomic mass is 9.80. The van der Waals surface area contributed by atoms with Crippen molar-refractivity contribution in [3.05, 3.63) is 46.7 Å². The Labute approximate surface area is 173 Å². The number of aryl methyl sites for hydroxylation is 1. The quantitative estimate of drug-likeness (QED) is 0.281. The van der Waals surface area contributed by atoms with Crippen molar-refractivity contribution in [1.29, 1.82) is 0 Å². The molecule has 28 heavy (non-hydrogen) atoms. The number of unbranched alkanes of at least 4 members (excludes halogenated alkanes) is 1. The summed E-state index contributed by atoms with van der Waals surface area (Å²) in [7, 11) is 5.92. The van der Waals surface area contributed by atoms with Crippen molar-refractivity contribution in [2.75, 3.05) is 0 Å². The summed E-state index contributed by atoms with van der Waals surface area (Å²) in [5, 5.41) is 31.5. The molecule has 0 saturated heterocycles. The summed E-state index contributed by atoms with van der Waals surface area (Å²) in [5.41, 5.74) is 0. The van der Waals surface area contributed by atoms with Crippen molar-refractivity contribution in [1.82, 2.24) is 0 Å². The zero-order chi connectivity index (χ0) is 20.4. The van der Waals surface area contributed by atoms with Crippen molar-refractivity contribution < 1.29 is 20.1 Å². The van der Waals surface area contributed by atoms with Gasteiger partial charge >= 0.3 is 5.97 Å². The standard InChI is InChI=1S/C22H31BO4S/c23-15-16-14-21(25)20(7-3-1-2-4-8-22(26)27)19(16)12-10-17(24)9-11-18-6-5-13-28-18/h1,3,5-6,10,12-13,16-17,19-21,24-25H,2,4,7-9,11,14-15H2,(H,26,27)/b3-1-,12-10+/t16-,17-,19-,20+,21?/m0/s1. The number of aliphatic carboxylic acids is 1. The van der Waals surface area contributed by atoms with E-state index in [9.17, 15) is 15.0 Å². The number of hydrogen-bond acceptors (Lipinski definition) is 4. The minimum atomic E-state index is -0.770. The molecular weight excluding hydrogens is 371 g/mol. The molecule has 0 amide bonds. The zero-order valence-corrected chi connectivity index (χ0v) is 17.1. The predicted molar refractivity (Wildman–Crippen MR) is 115 cm³/mol. The molecule has 1 fully saturated rings. The molecule has 0 bridgehead atoms. The molecule has 1 heterocycles. The molecule has 1 aliphatic rings. The summed E-state index contributed by atoms with van der Waals surface area (Å²) in [5.74, 6) is -0.306. The summed E-state index contributed by atoms with van der Waals surface area (Å²) in [6.45, 7) is 0. The van der Waals surface area contributed by atoms with E-state index in [1.54, 1.807) is 11.3 Å². The van der Waals surface area contributed by atoms with E-state index < -0.39 is 18.2 Å². The van der Waals surface area contributed by atoms with E-state index in [0.717, 1.165) is 19.3 Å². The second kappa shape index (κ2) is 12.3. The van der Waals surface area contributed by atoms with Crippen LogP contribution in [0.15, 0.2) is 41.8 Å². The molecule has 6 heteroatoms. The number of aliphatic hydroxyl groups is 2. The van der Waals surface area contributed by atoms with Gasteiger partial charge in [0.15, 0.2) is 0 Å². The van der Waals surface area contributed by atoms with Crippen molar-refractivity contribution in [2.24, 2.45) is 17.8 Å². The second-order valence-corrected chi connectivity index (χ2v) is 8.64. The second-order valence-electron chi connectivity index (χ2n) is 7.60. The minimum absolute atomic E-state index is 0.0880. The lowest BCUT2D eigenvalue weighted by molar-refractivity contribution is -0.137. The molecule has 1 aromatic rings. The van der Waals surface area contributed by atoms with Gasteiger partial charge < -0.3 is 15.3 Å². The number of thiophene rings is 1. The van der Waals surface area contributed by atoms with Gasteiger partial charge in [0.2, 0.25) is 0 Å². The van der Waals surface area contributed by atoms with Crippen LogP contribution in [0.4, 0.5) is 0 Å². The van der Waals surface area contributed by atoms with E-state index in [1.807, 2.05) is 29.7 Å². The van der Waals surface area contributed by atoms with Gasteiger partial charge in [0.25, 0.3) is 0 Å². The Morgan fingerprint density at radius 1 is 1.39 bits per heavy atom. The highest BCUT2D eigenvalue weighted by molar-refractivity contribution is 7.09. The first-order chi connectivity index (χ1) is 13.5. The smallest absolute Gasteiger partial charge is 0.303 e. The fraction of sp³-hybridized carbons (Fsp3) is 0.591. The van der Waals surface area contributed by atoms with Gasteiger partial charge in [-0.1, -0.05) is 36.7 Å². The summed E-state index contributed by atoms with van der Waals surface area (Å²) in [4.78, 5) is 11.8. The van der Waals surface area contributed by atoms with Crippen LogP contribution in [0.25, 0.3) is 0 Å². The first-order valence-electron chi connectivity index (χ1n) is 10.1. The Morgan fingerprint density at radius 3 is 2.89 bits per heavy atom. The Hall–Kier alpha value is -1.37. The molecule has 1 aliphatic carbocycles. The van der Waals surface area contributed by atoms with Crippen LogP contribution in [0.5, 0.6) is 0 Å². The minimum Gasteiger partial charge on any atom is -0.481 e.